The first kappa shape index (κ1) is 21.1. The molecule has 2 aliphatic rings. The molecule has 0 saturated carbocycles. The first-order valence-electron chi connectivity index (χ1n) is 10.3. The lowest BCUT2D eigenvalue weighted by Gasteiger charge is -2.21. The van der Waals surface area contributed by atoms with Crippen LogP contribution in [-0.2, 0) is 22.6 Å². The van der Waals surface area contributed by atoms with Gasteiger partial charge in [-0.05, 0) is 61.0 Å². The number of ether oxygens (including phenoxy) is 1. The van der Waals surface area contributed by atoms with Gasteiger partial charge >= 0.3 is 6.18 Å². The molecule has 1 aromatic heterocycles. The molecular weight excluding hydrogens is 441 g/mol. The van der Waals surface area contributed by atoms with Crippen molar-refractivity contribution in [1.82, 2.24) is 8.87 Å². The van der Waals surface area contributed by atoms with E-state index in [1.807, 2.05) is 13.1 Å². The molecule has 0 amide bonds. The van der Waals surface area contributed by atoms with E-state index in [1.54, 1.807) is 12.1 Å². The zero-order valence-electron chi connectivity index (χ0n) is 17.3. The van der Waals surface area contributed by atoms with Crippen LogP contribution in [-0.4, -0.2) is 44.0 Å². The van der Waals surface area contributed by atoms with Crippen molar-refractivity contribution in [2.45, 2.75) is 23.9 Å². The van der Waals surface area contributed by atoms with Crippen LogP contribution >= 0.6 is 0 Å². The quantitative estimate of drug-likeness (QED) is 0.573. The van der Waals surface area contributed by atoms with Crippen molar-refractivity contribution >= 4 is 26.5 Å². The number of halogens is 3. The van der Waals surface area contributed by atoms with Crippen LogP contribution in [0.3, 0.4) is 0 Å². The molecule has 168 valence electrons. The normalized spacial score (nSPS) is 17.3. The van der Waals surface area contributed by atoms with E-state index in [-0.39, 0.29) is 15.8 Å². The van der Waals surface area contributed by atoms with E-state index in [0.29, 0.717) is 37.3 Å². The molecule has 3 heterocycles. The Morgan fingerprint density at radius 3 is 2.59 bits per heavy atom. The van der Waals surface area contributed by atoms with Gasteiger partial charge in [-0.3, -0.25) is 0 Å². The maximum atomic E-state index is 13.5. The van der Waals surface area contributed by atoms with E-state index < -0.39 is 21.8 Å². The van der Waals surface area contributed by atoms with Gasteiger partial charge in [0.05, 0.1) is 22.6 Å². The molecule has 0 bridgehead atoms. The van der Waals surface area contributed by atoms with Gasteiger partial charge in [0, 0.05) is 36.7 Å². The Kier molecular flexibility index (Phi) is 4.86. The number of alkyl halides is 3. The largest absolute Gasteiger partial charge is 0.493 e. The number of benzene rings is 2. The third kappa shape index (κ3) is 3.49. The molecule has 2 aliphatic heterocycles. The Morgan fingerprint density at radius 2 is 1.88 bits per heavy atom. The van der Waals surface area contributed by atoms with Crippen LogP contribution in [0.5, 0.6) is 5.75 Å². The van der Waals surface area contributed by atoms with E-state index in [0.717, 1.165) is 33.8 Å². The van der Waals surface area contributed by atoms with Gasteiger partial charge in [-0.25, -0.2) is 12.4 Å². The fourth-order valence-corrected chi connectivity index (χ4v) is 5.70. The van der Waals surface area contributed by atoms with E-state index in [9.17, 15) is 21.6 Å². The van der Waals surface area contributed by atoms with Crippen LogP contribution in [0.1, 0.15) is 23.1 Å². The second-order valence-corrected chi connectivity index (χ2v) is 10.00. The minimum atomic E-state index is -4.52. The third-order valence-corrected chi connectivity index (χ3v) is 7.74. The predicted molar refractivity (Wildman–Crippen MR) is 115 cm³/mol. The first-order valence-corrected chi connectivity index (χ1v) is 11.7. The van der Waals surface area contributed by atoms with Crippen molar-refractivity contribution in [3.63, 3.8) is 0 Å². The van der Waals surface area contributed by atoms with Gasteiger partial charge in [0.15, 0.2) is 0 Å². The van der Waals surface area contributed by atoms with Crippen molar-refractivity contribution in [3.8, 4) is 5.75 Å². The molecule has 9 heteroatoms. The summed E-state index contributed by atoms with van der Waals surface area (Å²) >= 11 is 0. The summed E-state index contributed by atoms with van der Waals surface area (Å²) in [6, 6.07) is 7.91. The van der Waals surface area contributed by atoms with Crippen molar-refractivity contribution < 1.29 is 26.3 Å². The zero-order chi connectivity index (χ0) is 22.7. The molecule has 5 rings (SSSR count). The fraction of sp³-hybridized carbons (Fsp3) is 0.304. The van der Waals surface area contributed by atoms with E-state index >= 15 is 0 Å². The number of likely N-dealkylation sites (N-methyl/N-ethyl adjacent to an activating group) is 1. The summed E-state index contributed by atoms with van der Waals surface area (Å²) in [7, 11) is -2.06. The second-order valence-electron chi connectivity index (χ2n) is 8.18. The van der Waals surface area contributed by atoms with E-state index in [4.69, 9.17) is 4.74 Å². The highest BCUT2D eigenvalue weighted by Crippen LogP contribution is 2.38. The third-order valence-electron chi connectivity index (χ3n) is 6.07. The number of aromatic nitrogens is 1. The monoisotopic (exact) mass is 462 g/mol. The first-order chi connectivity index (χ1) is 15.1. The lowest BCUT2D eigenvalue weighted by Crippen LogP contribution is -2.23. The maximum absolute atomic E-state index is 13.5. The van der Waals surface area contributed by atoms with Crippen LogP contribution in [0.4, 0.5) is 13.2 Å². The Balaban J connectivity index is 1.71. The summed E-state index contributed by atoms with van der Waals surface area (Å²) in [4.78, 5) is 2.18. The summed E-state index contributed by atoms with van der Waals surface area (Å²) in [5.41, 5.74) is 1.60. The molecule has 0 radical (unpaired) electrons. The molecule has 0 aliphatic carbocycles. The van der Waals surface area contributed by atoms with Crippen molar-refractivity contribution in [1.29, 1.82) is 0 Å². The average Bonchev–Trinajstić information content (AvgIpc) is 3.37. The van der Waals surface area contributed by atoms with Gasteiger partial charge in [0.1, 0.15) is 5.75 Å². The van der Waals surface area contributed by atoms with Crippen LogP contribution in [0.15, 0.2) is 53.6 Å². The summed E-state index contributed by atoms with van der Waals surface area (Å²) < 4.78 is 73.9. The lowest BCUT2D eigenvalue weighted by atomic mass is 9.98. The zero-order valence-corrected chi connectivity index (χ0v) is 18.1. The van der Waals surface area contributed by atoms with E-state index in [1.165, 1.54) is 18.3 Å². The number of hydrogen-bond acceptors (Lipinski definition) is 4. The minimum Gasteiger partial charge on any atom is -0.493 e. The van der Waals surface area contributed by atoms with Crippen LogP contribution < -0.4 is 4.74 Å². The molecule has 0 fully saturated rings. The second kappa shape index (κ2) is 7.38. The molecule has 0 atom stereocenters. The standard InChI is InChI=1S/C23H21F3N2O3S/c1-27-9-6-15(7-10-27)20-14-28(21-4-2-17(13-19(20)21)23(24,25)26)32(29,30)18-3-5-22-16(12-18)8-11-31-22/h2-6,12-14H,7-11H2,1H3. The molecule has 5 nitrogen and oxygen atoms in total. The van der Waals surface area contributed by atoms with Gasteiger partial charge in [0.2, 0.25) is 0 Å². The summed E-state index contributed by atoms with van der Waals surface area (Å²) in [6.07, 6.45) is 0.130. The Bertz CT molecular complexity index is 1360. The van der Waals surface area contributed by atoms with Gasteiger partial charge in [-0.1, -0.05) is 6.08 Å². The predicted octanol–water partition coefficient (Wildman–Crippen LogP) is 4.55. The SMILES string of the molecule is CN1CC=C(c2cn(S(=O)(=O)c3ccc4c(c3)CCO4)c3ccc(C(F)(F)F)cc23)CC1. The number of fused-ring (bicyclic) bond motifs is 2. The molecule has 0 N–H and O–H groups in total. The molecule has 0 unspecified atom stereocenters. The summed E-state index contributed by atoms with van der Waals surface area (Å²) in [5, 5.41) is 0.281. The van der Waals surface area contributed by atoms with Crippen molar-refractivity contribution in [2.75, 3.05) is 26.7 Å². The summed E-state index contributed by atoms with van der Waals surface area (Å²) in [6.45, 7) is 1.89. The van der Waals surface area contributed by atoms with Crippen molar-refractivity contribution in [2.24, 2.45) is 0 Å². The van der Waals surface area contributed by atoms with Crippen LogP contribution in [0.2, 0.25) is 0 Å². The van der Waals surface area contributed by atoms with Gasteiger partial charge in [0.25, 0.3) is 10.0 Å². The summed E-state index contributed by atoms with van der Waals surface area (Å²) in [5.74, 6) is 0.660. The highest BCUT2D eigenvalue weighted by atomic mass is 32.2. The van der Waals surface area contributed by atoms with Crippen molar-refractivity contribution in [3.05, 3.63) is 65.4 Å². The minimum absolute atomic E-state index is 0.0856. The molecule has 3 aromatic rings. The Morgan fingerprint density at radius 1 is 1.06 bits per heavy atom. The number of hydrogen-bond donors (Lipinski definition) is 0. The lowest BCUT2D eigenvalue weighted by molar-refractivity contribution is -0.137. The maximum Gasteiger partial charge on any atom is 0.416 e. The number of nitrogens with zero attached hydrogens (tertiary/aromatic N) is 2. The van der Waals surface area contributed by atoms with E-state index in [2.05, 4.69) is 4.90 Å². The average molecular weight is 462 g/mol. The number of rotatable bonds is 3. The Labute approximate surface area is 183 Å². The van der Waals surface area contributed by atoms with Gasteiger partial charge in [-0.15, -0.1) is 0 Å². The molecule has 2 aromatic carbocycles. The van der Waals surface area contributed by atoms with Crippen LogP contribution in [0, 0.1) is 0 Å². The fourth-order valence-electron chi connectivity index (χ4n) is 4.28. The molecule has 0 saturated heterocycles. The Hall–Kier alpha value is -2.78. The topological polar surface area (TPSA) is 51.5 Å². The van der Waals surface area contributed by atoms with Gasteiger partial charge in [-0.2, -0.15) is 13.2 Å². The molecule has 32 heavy (non-hydrogen) atoms. The molecular formula is C23H21F3N2O3S. The smallest absolute Gasteiger partial charge is 0.416 e. The highest BCUT2D eigenvalue weighted by molar-refractivity contribution is 7.90. The molecule has 0 spiro atoms. The van der Waals surface area contributed by atoms with Gasteiger partial charge < -0.3 is 9.64 Å². The highest BCUT2D eigenvalue weighted by Gasteiger charge is 2.32. The van der Waals surface area contributed by atoms with Crippen LogP contribution in [0.25, 0.3) is 16.5 Å².